The van der Waals surface area contributed by atoms with Crippen molar-refractivity contribution in [2.75, 3.05) is 31.2 Å². The average Bonchev–Trinajstić information content (AvgIpc) is 3.30. The van der Waals surface area contributed by atoms with Crippen LogP contribution in [0.4, 0.5) is 17.6 Å². The van der Waals surface area contributed by atoms with Crippen molar-refractivity contribution in [2.24, 2.45) is 5.92 Å². The number of nitrogen functional groups attached to an aromatic ring is 1. The molecule has 1 atom stereocenters. The van der Waals surface area contributed by atoms with Crippen LogP contribution in [0.2, 0.25) is 0 Å². The molecule has 2 fully saturated rings. The Morgan fingerprint density at radius 1 is 1.23 bits per heavy atom. The van der Waals surface area contributed by atoms with Crippen molar-refractivity contribution in [1.82, 2.24) is 24.8 Å². The topological polar surface area (TPSA) is 100 Å². The maximum Gasteiger partial charge on any atom is 0.232 e. The predicted octanol–water partition coefficient (Wildman–Crippen LogP) is 2.73. The van der Waals surface area contributed by atoms with Gasteiger partial charge in [0, 0.05) is 31.2 Å². The molecule has 2 aromatic rings. The molecule has 8 nitrogen and oxygen atoms in total. The van der Waals surface area contributed by atoms with Crippen LogP contribution in [0.5, 0.6) is 0 Å². The second-order valence-corrected chi connectivity index (χ2v) is 8.68. The number of aryl methyl sites for hydroxylation is 1. The van der Waals surface area contributed by atoms with Gasteiger partial charge in [-0.25, -0.2) is 0 Å². The highest BCUT2D eigenvalue weighted by Crippen LogP contribution is 2.29. The van der Waals surface area contributed by atoms with E-state index in [1.165, 1.54) is 12.8 Å². The van der Waals surface area contributed by atoms with Crippen LogP contribution in [0, 0.1) is 12.8 Å². The highest BCUT2D eigenvalue weighted by atomic mass is 16.2. The number of nitrogens with one attached hydrogen (secondary N) is 1. The van der Waals surface area contributed by atoms with E-state index in [0.29, 0.717) is 42.6 Å². The third-order valence-corrected chi connectivity index (χ3v) is 5.96. The van der Waals surface area contributed by atoms with Gasteiger partial charge in [-0.3, -0.25) is 9.69 Å². The highest BCUT2D eigenvalue weighted by Gasteiger charge is 2.35. The molecule has 0 radical (unpaired) electrons. The zero-order valence-electron chi connectivity index (χ0n) is 17.8. The van der Waals surface area contributed by atoms with Gasteiger partial charge in [0.25, 0.3) is 0 Å². The minimum atomic E-state index is 0.201. The zero-order valence-corrected chi connectivity index (χ0v) is 17.8. The number of carbonyl (C=O) groups is 1. The molecule has 1 unspecified atom stereocenters. The van der Waals surface area contributed by atoms with E-state index < -0.39 is 0 Å². The van der Waals surface area contributed by atoms with Crippen LogP contribution in [0.25, 0.3) is 0 Å². The number of aromatic nitrogens is 3. The van der Waals surface area contributed by atoms with Crippen LogP contribution in [-0.4, -0.2) is 56.8 Å². The van der Waals surface area contributed by atoms with E-state index in [0.717, 1.165) is 37.2 Å². The SMILES string of the molecule is Cc1cccc(Nc2nc(N)nc(CN(C)CC3CC(=O)N(C4CCCC4)C3)n2)c1. The van der Waals surface area contributed by atoms with Crippen molar-refractivity contribution >= 4 is 23.5 Å². The Bertz CT molecular complexity index is 897. The first-order valence-corrected chi connectivity index (χ1v) is 10.8. The smallest absolute Gasteiger partial charge is 0.232 e. The van der Waals surface area contributed by atoms with Gasteiger partial charge in [-0.05, 0) is 50.4 Å². The number of benzene rings is 1. The molecule has 1 aliphatic carbocycles. The Hall–Kier alpha value is -2.74. The summed E-state index contributed by atoms with van der Waals surface area (Å²) in [5, 5.41) is 3.20. The second-order valence-electron chi connectivity index (χ2n) is 8.68. The Morgan fingerprint density at radius 3 is 2.80 bits per heavy atom. The minimum absolute atomic E-state index is 0.201. The van der Waals surface area contributed by atoms with Crippen LogP contribution >= 0.6 is 0 Å². The molecule has 0 bridgehead atoms. The number of hydrogen-bond donors (Lipinski definition) is 2. The molecule has 2 heterocycles. The van der Waals surface area contributed by atoms with E-state index in [1.54, 1.807) is 0 Å². The lowest BCUT2D eigenvalue weighted by Crippen LogP contribution is -2.35. The summed E-state index contributed by atoms with van der Waals surface area (Å²) < 4.78 is 0. The highest BCUT2D eigenvalue weighted by molar-refractivity contribution is 5.79. The first-order valence-electron chi connectivity index (χ1n) is 10.8. The molecule has 0 spiro atoms. The van der Waals surface area contributed by atoms with Crippen molar-refractivity contribution in [2.45, 2.75) is 51.6 Å². The molecule has 2 aliphatic rings. The van der Waals surface area contributed by atoms with Crippen molar-refractivity contribution in [3.63, 3.8) is 0 Å². The third kappa shape index (κ3) is 5.05. The summed E-state index contributed by atoms with van der Waals surface area (Å²) in [6.07, 6.45) is 5.46. The van der Waals surface area contributed by atoms with Gasteiger partial charge < -0.3 is 16.0 Å². The van der Waals surface area contributed by atoms with Gasteiger partial charge in [0.05, 0.1) is 6.54 Å². The summed E-state index contributed by atoms with van der Waals surface area (Å²) in [7, 11) is 2.04. The average molecular weight is 410 g/mol. The maximum atomic E-state index is 12.4. The number of hydrogen-bond acceptors (Lipinski definition) is 7. The first kappa shape index (κ1) is 20.5. The summed E-state index contributed by atoms with van der Waals surface area (Å²) in [6.45, 7) is 4.30. The summed E-state index contributed by atoms with van der Waals surface area (Å²) in [5.41, 5.74) is 7.98. The van der Waals surface area contributed by atoms with Gasteiger partial charge in [-0.2, -0.15) is 15.0 Å². The first-order chi connectivity index (χ1) is 14.5. The zero-order chi connectivity index (χ0) is 21.1. The number of carbonyl (C=O) groups excluding carboxylic acids is 1. The normalized spacial score (nSPS) is 19.8. The monoisotopic (exact) mass is 409 g/mol. The van der Waals surface area contributed by atoms with E-state index in [2.05, 4.69) is 30.1 Å². The molecule has 3 N–H and O–H groups in total. The van der Waals surface area contributed by atoms with Gasteiger partial charge >= 0.3 is 0 Å². The Morgan fingerprint density at radius 2 is 2.03 bits per heavy atom. The molecule has 1 amide bonds. The molecule has 1 aliphatic heterocycles. The summed E-state index contributed by atoms with van der Waals surface area (Å²) >= 11 is 0. The van der Waals surface area contributed by atoms with E-state index in [9.17, 15) is 4.79 Å². The Kier molecular flexibility index (Phi) is 6.13. The molecule has 1 aromatic carbocycles. The van der Waals surface area contributed by atoms with E-state index in [1.807, 2.05) is 38.2 Å². The molecule has 1 aromatic heterocycles. The molecular formula is C22H31N7O. The molecular weight excluding hydrogens is 378 g/mol. The van der Waals surface area contributed by atoms with Gasteiger partial charge in [0.1, 0.15) is 5.82 Å². The Labute approximate surface area is 177 Å². The van der Waals surface area contributed by atoms with Crippen molar-refractivity contribution < 1.29 is 4.79 Å². The number of nitrogens with two attached hydrogens (primary N) is 1. The van der Waals surface area contributed by atoms with Crippen LogP contribution < -0.4 is 11.1 Å². The molecule has 4 rings (SSSR count). The number of likely N-dealkylation sites (tertiary alicyclic amines) is 1. The number of anilines is 3. The molecule has 30 heavy (non-hydrogen) atoms. The predicted molar refractivity (Wildman–Crippen MR) is 117 cm³/mol. The van der Waals surface area contributed by atoms with Crippen molar-refractivity contribution in [1.29, 1.82) is 0 Å². The quantitative estimate of drug-likeness (QED) is 0.725. The standard InChI is InChI=1S/C22H31N7O/c1-15-6-5-7-17(10-15)24-22-26-19(25-21(23)27-22)14-28(2)12-16-11-20(30)29(13-16)18-8-3-4-9-18/h5-7,10,16,18H,3-4,8-9,11-14H2,1-2H3,(H3,23,24,25,26,27). The number of nitrogens with zero attached hydrogens (tertiary/aromatic N) is 5. The van der Waals surface area contributed by atoms with Gasteiger partial charge in [0.2, 0.25) is 17.8 Å². The van der Waals surface area contributed by atoms with E-state index in [-0.39, 0.29) is 5.95 Å². The number of rotatable bonds is 7. The lowest BCUT2D eigenvalue weighted by molar-refractivity contribution is -0.129. The van der Waals surface area contributed by atoms with Crippen LogP contribution in [0.3, 0.4) is 0 Å². The van der Waals surface area contributed by atoms with Gasteiger partial charge in [-0.15, -0.1) is 0 Å². The molecule has 1 saturated heterocycles. The maximum absolute atomic E-state index is 12.4. The minimum Gasteiger partial charge on any atom is -0.368 e. The summed E-state index contributed by atoms with van der Waals surface area (Å²) in [6, 6.07) is 8.47. The van der Waals surface area contributed by atoms with Crippen LogP contribution in [-0.2, 0) is 11.3 Å². The summed E-state index contributed by atoms with van der Waals surface area (Å²) in [5.74, 6) is 1.94. The second kappa shape index (κ2) is 8.95. The fraction of sp³-hybridized carbons (Fsp3) is 0.545. The van der Waals surface area contributed by atoms with Gasteiger partial charge in [-0.1, -0.05) is 25.0 Å². The molecule has 1 saturated carbocycles. The number of amides is 1. The van der Waals surface area contributed by atoms with Crippen molar-refractivity contribution in [3.05, 3.63) is 35.7 Å². The summed E-state index contributed by atoms with van der Waals surface area (Å²) in [4.78, 5) is 29.8. The third-order valence-electron chi connectivity index (χ3n) is 5.96. The van der Waals surface area contributed by atoms with Crippen LogP contribution in [0.15, 0.2) is 24.3 Å². The molecule has 160 valence electrons. The van der Waals surface area contributed by atoms with Gasteiger partial charge in [0.15, 0.2) is 0 Å². The van der Waals surface area contributed by atoms with E-state index in [4.69, 9.17) is 5.73 Å². The van der Waals surface area contributed by atoms with E-state index >= 15 is 0 Å². The Balaban J connectivity index is 1.35. The molecule has 8 heteroatoms. The largest absolute Gasteiger partial charge is 0.368 e. The fourth-order valence-corrected chi connectivity index (χ4v) is 4.66. The lowest BCUT2D eigenvalue weighted by Gasteiger charge is -2.25. The van der Waals surface area contributed by atoms with Crippen molar-refractivity contribution in [3.8, 4) is 0 Å². The van der Waals surface area contributed by atoms with Crippen LogP contribution in [0.1, 0.15) is 43.5 Å². The fourth-order valence-electron chi connectivity index (χ4n) is 4.66. The lowest BCUT2D eigenvalue weighted by atomic mass is 10.1.